The molecule has 0 spiro atoms. The summed E-state index contributed by atoms with van der Waals surface area (Å²) in [5.74, 6) is 1.69. The Morgan fingerprint density at radius 1 is 1.18 bits per heavy atom. The maximum absolute atomic E-state index is 6.02. The van der Waals surface area contributed by atoms with Gasteiger partial charge in [0.15, 0.2) is 11.6 Å². The fourth-order valence-corrected chi connectivity index (χ4v) is 2.32. The summed E-state index contributed by atoms with van der Waals surface area (Å²) in [5.41, 5.74) is 13.2. The van der Waals surface area contributed by atoms with Crippen LogP contribution in [0.15, 0.2) is 24.7 Å². The first-order valence-electron chi connectivity index (χ1n) is 6.97. The van der Waals surface area contributed by atoms with Crippen LogP contribution in [-0.4, -0.2) is 19.5 Å². The summed E-state index contributed by atoms with van der Waals surface area (Å²) in [6, 6.07) is 1.97. The van der Waals surface area contributed by atoms with Crippen molar-refractivity contribution in [2.45, 2.75) is 19.8 Å². The summed E-state index contributed by atoms with van der Waals surface area (Å²) < 4.78 is 7.96. The summed E-state index contributed by atoms with van der Waals surface area (Å²) >= 11 is 0. The number of anilines is 2. The van der Waals surface area contributed by atoms with Gasteiger partial charge in [0.05, 0.1) is 11.6 Å². The van der Waals surface area contributed by atoms with Crippen LogP contribution in [-0.2, 0) is 7.05 Å². The third-order valence-corrected chi connectivity index (χ3v) is 3.51. The topological polar surface area (TPSA) is 105 Å². The van der Waals surface area contributed by atoms with Gasteiger partial charge >= 0.3 is 0 Å². The van der Waals surface area contributed by atoms with Crippen LogP contribution < -0.4 is 16.2 Å². The van der Waals surface area contributed by atoms with Gasteiger partial charge in [-0.3, -0.25) is 0 Å². The molecule has 3 rings (SSSR count). The van der Waals surface area contributed by atoms with Gasteiger partial charge in [0.1, 0.15) is 11.4 Å². The molecular formula is C15H18N6O. The Morgan fingerprint density at radius 2 is 1.95 bits per heavy atom. The van der Waals surface area contributed by atoms with E-state index in [0.29, 0.717) is 5.75 Å². The number of ether oxygens (including phenoxy) is 1. The largest absolute Gasteiger partial charge is 0.451 e. The van der Waals surface area contributed by atoms with E-state index in [-0.39, 0.29) is 17.7 Å². The SMILES string of the molecule is CC(C)c1cnc2c(ccn2C)c1Oc1cnc(N)nc1N. The van der Waals surface area contributed by atoms with Crippen molar-refractivity contribution in [3.05, 3.63) is 30.2 Å². The van der Waals surface area contributed by atoms with Crippen molar-refractivity contribution in [3.8, 4) is 11.5 Å². The van der Waals surface area contributed by atoms with Crippen LogP contribution in [0.25, 0.3) is 11.0 Å². The molecule has 0 saturated carbocycles. The summed E-state index contributed by atoms with van der Waals surface area (Å²) in [6.07, 6.45) is 5.26. The number of hydrogen-bond donors (Lipinski definition) is 2. The van der Waals surface area contributed by atoms with E-state index in [0.717, 1.165) is 22.3 Å². The van der Waals surface area contributed by atoms with Crippen molar-refractivity contribution in [3.63, 3.8) is 0 Å². The average molecular weight is 298 g/mol. The molecule has 3 aromatic heterocycles. The van der Waals surface area contributed by atoms with Gasteiger partial charge in [-0.05, 0) is 12.0 Å². The minimum absolute atomic E-state index is 0.119. The van der Waals surface area contributed by atoms with E-state index in [4.69, 9.17) is 16.2 Å². The van der Waals surface area contributed by atoms with Crippen molar-refractivity contribution in [2.24, 2.45) is 7.05 Å². The fourth-order valence-electron chi connectivity index (χ4n) is 2.32. The molecule has 0 bridgehead atoms. The van der Waals surface area contributed by atoms with E-state index in [2.05, 4.69) is 28.8 Å². The lowest BCUT2D eigenvalue weighted by atomic mass is 10.0. The van der Waals surface area contributed by atoms with Crippen LogP contribution in [0.4, 0.5) is 11.8 Å². The second-order valence-electron chi connectivity index (χ2n) is 5.44. The molecule has 7 heteroatoms. The molecular weight excluding hydrogens is 280 g/mol. The molecule has 0 amide bonds. The standard InChI is InChI=1S/C15H18N6O/c1-8(2)10-6-18-14-9(4-5-21(14)3)12(10)22-11-7-19-15(17)20-13(11)16/h4-8H,1-3H3,(H4,16,17,19,20). The number of fused-ring (bicyclic) bond motifs is 1. The zero-order valence-electron chi connectivity index (χ0n) is 12.7. The molecule has 0 unspecified atom stereocenters. The van der Waals surface area contributed by atoms with Gasteiger partial charge in [-0.15, -0.1) is 0 Å². The molecule has 7 nitrogen and oxygen atoms in total. The van der Waals surface area contributed by atoms with E-state index in [1.165, 1.54) is 6.20 Å². The van der Waals surface area contributed by atoms with E-state index in [1.807, 2.05) is 30.1 Å². The lowest BCUT2D eigenvalue weighted by molar-refractivity contribution is 0.476. The molecule has 0 aliphatic rings. The Morgan fingerprint density at radius 3 is 2.64 bits per heavy atom. The molecule has 4 N–H and O–H groups in total. The van der Waals surface area contributed by atoms with Crippen LogP contribution in [0.3, 0.4) is 0 Å². The van der Waals surface area contributed by atoms with Crippen LogP contribution >= 0.6 is 0 Å². The molecule has 114 valence electrons. The summed E-state index contributed by atoms with van der Waals surface area (Å²) in [5, 5.41) is 0.921. The van der Waals surface area contributed by atoms with Gasteiger partial charge in [0.25, 0.3) is 0 Å². The van der Waals surface area contributed by atoms with Gasteiger partial charge in [0, 0.05) is 25.0 Å². The highest BCUT2D eigenvalue weighted by Crippen LogP contribution is 2.37. The maximum atomic E-state index is 6.02. The Bertz CT molecular complexity index is 839. The lowest BCUT2D eigenvalue weighted by Gasteiger charge is -2.15. The Balaban J connectivity index is 2.17. The molecule has 22 heavy (non-hydrogen) atoms. The maximum Gasteiger partial charge on any atom is 0.222 e. The average Bonchev–Trinajstić information content (AvgIpc) is 2.84. The minimum atomic E-state index is 0.119. The Kier molecular flexibility index (Phi) is 3.32. The van der Waals surface area contributed by atoms with Crippen molar-refractivity contribution >= 4 is 22.8 Å². The second-order valence-corrected chi connectivity index (χ2v) is 5.44. The molecule has 0 aliphatic heterocycles. The first-order valence-corrected chi connectivity index (χ1v) is 6.97. The zero-order valence-corrected chi connectivity index (χ0v) is 12.7. The smallest absolute Gasteiger partial charge is 0.222 e. The van der Waals surface area contributed by atoms with E-state index >= 15 is 0 Å². The van der Waals surface area contributed by atoms with Crippen molar-refractivity contribution in [1.29, 1.82) is 0 Å². The molecule has 0 aromatic carbocycles. The van der Waals surface area contributed by atoms with Crippen LogP contribution in [0.2, 0.25) is 0 Å². The fraction of sp³-hybridized carbons (Fsp3) is 0.267. The lowest BCUT2D eigenvalue weighted by Crippen LogP contribution is -2.03. The first-order chi connectivity index (χ1) is 10.5. The van der Waals surface area contributed by atoms with Crippen molar-refractivity contribution in [2.75, 3.05) is 11.5 Å². The predicted molar refractivity (Wildman–Crippen MR) is 85.7 cm³/mol. The Labute approximate surface area is 128 Å². The second kappa shape index (κ2) is 5.18. The molecule has 0 fully saturated rings. The van der Waals surface area contributed by atoms with E-state index in [9.17, 15) is 0 Å². The molecule has 0 aliphatic carbocycles. The number of aromatic nitrogens is 4. The van der Waals surface area contributed by atoms with E-state index in [1.54, 1.807) is 0 Å². The molecule has 0 atom stereocenters. The number of nitrogen functional groups attached to an aromatic ring is 2. The normalized spacial score (nSPS) is 11.3. The van der Waals surface area contributed by atoms with Crippen molar-refractivity contribution in [1.82, 2.24) is 19.5 Å². The number of aryl methyl sites for hydroxylation is 1. The van der Waals surface area contributed by atoms with Crippen LogP contribution in [0.1, 0.15) is 25.3 Å². The van der Waals surface area contributed by atoms with Gasteiger partial charge < -0.3 is 20.8 Å². The van der Waals surface area contributed by atoms with Crippen LogP contribution in [0.5, 0.6) is 11.5 Å². The molecule has 3 heterocycles. The number of nitrogens with two attached hydrogens (primary N) is 2. The van der Waals surface area contributed by atoms with Gasteiger partial charge in [-0.25, -0.2) is 9.97 Å². The first kappa shape index (κ1) is 14.1. The number of hydrogen-bond acceptors (Lipinski definition) is 6. The van der Waals surface area contributed by atoms with E-state index < -0.39 is 0 Å². The monoisotopic (exact) mass is 298 g/mol. The summed E-state index contributed by atoms with van der Waals surface area (Å²) in [7, 11) is 1.94. The Hall–Kier alpha value is -2.83. The molecule has 0 saturated heterocycles. The van der Waals surface area contributed by atoms with Crippen LogP contribution in [0, 0.1) is 0 Å². The quantitative estimate of drug-likeness (QED) is 0.769. The third kappa shape index (κ3) is 2.30. The summed E-state index contributed by atoms with van der Waals surface area (Å²) in [6.45, 7) is 4.17. The predicted octanol–water partition coefficient (Wildman–Crippen LogP) is 2.44. The molecule has 0 radical (unpaired) electrons. The zero-order chi connectivity index (χ0) is 15.9. The third-order valence-electron chi connectivity index (χ3n) is 3.51. The number of rotatable bonds is 3. The van der Waals surface area contributed by atoms with Gasteiger partial charge in [-0.1, -0.05) is 13.8 Å². The highest BCUT2D eigenvalue weighted by atomic mass is 16.5. The minimum Gasteiger partial charge on any atom is -0.451 e. The number of pyridine rings is 1. The highest BCUT2D eigenvalue weighted by molar-refractivity contribution is 5.85. The molecule has 3 aromatic rings. The summed E-state index contributed by atoms with van der Waals surface area (Å²) in [4.78, 5) is 12.4. The van der Waals surface area contributed by atoms with Crippen molar-refractivity contribution < 1.29 is 4.74 Å². The van der Waals surface area contributed by atoms with Gasteiger partial charge in [-0.2, -0.15) is 4.98 Å². The number of nitrogens with zero attached hydrogens (tertiary/aromatic N) is 4. The highest BCUT2D eigenvalue weighted by Gasteiger charge is 2.17. The van der Waals surface area contributed by atoms with Gasteiger partial charge in [0.2, 0.25) is 5.95 Å².